The van der Waals surface area contributed by atoms with Gasteiger partial charge in [0.2, 0.25) is 10.0 Å². The number of amides is 1. The van der Waals surface area contributed by atoms with Crippen LogP contribution in [-0.2, 0) is 14.8 Å². The first kappa shape index (κ1) is 21.2. The minimum absolute atomic E-state index is 0.0833. The lowest BCUT2D eigenvalue weighted by atomic mass is 10.2. The fraction of sp³-hybridized carbons (Fsp3) is 0.435. The average molecular weight is 459 g/mol. The Morgan fingerprint density at radius 1 is 1.00 bits per heavy atom. The molecule has 2 aromatic carbocycles. The fourth-order valence-electron chi connectivity index (χ4n) is 4.37. The van der Waals surface area contributed by atoms with Crippen LogP contribution in [0.4, 0.5) is 5.69 Å². The molecule has 2 N–H and O–H groups in total. The van der Waals surface area contributed by atoms with Crippen LogP contribution in [0.2, 0.25) is 0 Å². The van der Waals surface area contributed by atoms with Crippen molar-refractivity contribution in [2.75, 3.05) is 18.5 Å². The number of sulfonamides is 1. The first-order valence-corrected chi connectivity index (χ1v) is 12.5. The zero-order valence-corrected chi connectivity index (χ0v) is 18.4. The highest BCUT2D eigenvalue weighted by atomic mass is 32.2. The molecule has 1 amide bonds. The lowest BCUT2D eigenvalue weighted by Gasteiger charge is -2.21. The third kappa shape index (κ3) is 4.32. The minimum Gasteiger partial charge on any atom is -0.448 e. The summed E-state index contributed by atoms with van der Waals surface area (Å²) in [6, 6.07) is 11.2. The predicted octanol–water partition coefficient (Wildman–Crippen LogP) is 3.44. The molecule has 0 unspecified atom stereocenters. The first-order valence-electron chi connectivity index (χ1n) is 11.0. The summed E-state index contributed by atoms with van der Waals surface area (Å²) in [6.07, 6.45) is 5.59. The Kier molecular flexibility index (Phi) is 5.56. The number of rotatable bonds is 6. The van der Waals surface area contributed by atoms with Crippen LogP contribution in [0.25, 0.3) is 0 Å². The average Bonchev–Trinajstić information content (AvgIpc) is 3.54. The lowest BCUT2D eigenvalue weighted by molar-refractivity contribution is -0.0716. The molecule has 2 aliphatic heterocycles. The van der Waals surface area contributed by atoms with Gasteiger partial charge in [-0.15, -0.1) is 0 Å². The van der Waals surface area contributed by atoms with Gasteiger partial charge in [0.1, 0.15) is 0 Å². The lowest BCUT2D eigenvalue weighted by Crippen LogP contribution is -2.34. The molecule has 1 saturated heterocycles. The number of benzene rings is 2. The standard InChI is InChI=1S/C23H26N2O6S/c26-22(25-17-7-10-20-21(14-17)31-23(30-20)11-1-2-12-23)16-5-8-19(9-6-16)32(27,28)24-15-18-4-3-13-29-18/h5-10,14,18,24H,1-4,11-13,15H2,(H,25,26)/t18-/m1/s1. The summed E-state index contributed by atoms with van der Waals surface area (Å²) in [5, 5.41) is 2.83. The largest absolute Gasteiger partial charge is 0.448 e. The van der Waals surface area contributed by atoms with Crippen LogP contribution in [0, 0.1) is 0 Å². The zero-order chi connectivity index (χ0) is 22.2. The molecule has 1 atom stereocenters. The molecule has 1 aliphatic carbocycles. The summed E-state index contributed by atoms with van der Waals surface area (Å²) in [4.78, 5) is 12.8. The van der Waals surface area contributed by atoms with Crippen LogP contribution >= 0.6 is 0 Å². The van der Waals surface area contributed by atoms with Gasteiger partial charge in [-0.1, -0.05) is 0 Å². The van der Waals surface area contributed by atoms with E-state index in [9.17, 15) is 13.2 Å². The van der Waals surface area contributed by atoms with Crippen molar-refractivity contribution < 1.29 is 27.4 Å². The molecule has 2 aromatic rings. The number of carbonyl (C=O) groups is 1. The first-order chi connectivity index (χ1) is 15.4. The van der Waals surface area contributed by atoms with Gasteiger partial charge in [-0.2, -0.15) is 0 Å². The highest BCUT2D eigenvalue weighted by Crippen LogP contribution is 2.47. The topological polar surface area (TPSA) is 103 Å². The Morgan fingerprint density at radius 3 is 2.47 bits per heavy atom. The number of ether oxygens (including phenoxy) is 3. The smallest absolute Gasteiger partial charge is 0.255 e. The van der Waals surface area contributed by atoms with Gasteiger partial charge in [-0.25, -0.2) is 13.1 Å². The minimum atomic E-state index is -3.66. The third-order valence-corrected chi connectivity index (χ3v) is 7.55. The second-order valence-electron chi connectivity index (χ2n) is 8.45. The van der Waals surface area contributed by atoms with E-state index >= 15 is 0 Å². The summed E-state index contributed by atoms with van der Waals surface area (Å²) in [7, 11) is -3.66. The van der Waals surface area contributed by atoms with Gasteiger partial charge in [-0.05, 0) is 62.1 Å². The molecule has 32 heavy (non-hydrogen) atoms. The Hall–Kier alpha value is -2.62. The molecule has 0 aromatic heterocycles. The van der Waals surface area contributed by atoms with Crippen molar-refractivity contribution in [3.63, 3.8) is 0 Å². The summed E-state index contributed by atoms with van der Waals surface area (Å²) in [6.45, 7) is 0.913. The molecule has 2 heterocycles. The fourth-order valence-corrected chi connectivity index (χ4v) is 5.44. The molecule has 2 fully saturated rings. The van der Waals surface area contributed by atoms with E-state index in [1.165, 1.54) is 24.3 Å². The van der Waals surface area contributed by atoms with Crippen molar-refractivity contribution in [2.24, 2.45) is 0 Å². The Morgan fingerprint density at radius 2 is 1.75 bits per heavy atom. The van der Waals surface area contributed by atoms with Crippen LogP contribution in [0.15, 0.2) is 47.4 Å². The molecule has 170 valence electrons. The molecular weight excluding hydrogens is 432 g/mol. The monoisotopic (exact) mass is 458 g/mol. The van der Waals surface area contributed by atoms with Crippen molar-refractivity contribution in [2.45, 2.75) is 55.3 Å². The molecule has 9 heteroatoms. The number of hydrogen-bond acceptors (Lipinski definition) is 6. The van der Waals surface area contributed by atoms with E-state index in [1.54, 1.807) is 18.2 Å². The second kappa shape index (κ2) is 8.38. The number of nitrogens with one attached hydrogen (secondary N) is 2. The van der Waals surface area contributed by atoms with Crippen LogP contribution in [0.1, 0.15) is 48.9 Å². The van der Waals surface area contributed by atoms with E-state index in [-0.39, 0.29) is 23.5 Å². The summed E-state index contributed by atoms with van der Waals surface area (Å²) in [5.41, 5.74) is 0.940. The third-order valence-electron chi connectivity index (χ3n) is 6.11. The molecule has 3 aliphatic rings. The maximum absolute atomic E-state index is 12.7. The number of hydrogen-bond donors (Lipinski definition) is 2. The number of fused-ring (bicyclic) bond motifs is 1. The molecule has 0 radical (unpaired) electrons. The van der Waals surface area contributed by atoms with E-state index < -0.39 is 15.8 Å². The van der Waals surface area contributed by atoms with Crippen molar-refractivity contribution in [1.82, 2.24) is 4.72 Å². The quantitative estimate of drug-likeness (QED) is 0.688. The maximum atomic E-state index is 12.7. The van der Waals surface area contributed by atoms with Gasteiger partial charge in [0.25, 0.3) is 11.7 Å². The van der Waals surface area contributed by atoms with Crippen molar-refractivity contribution in [3.8, 4) is 11.5 Å². The van der Waals surface area contributed by atoms with E-state index in [0.717, 1.165) is 38.5 Å². The predicted molar refractivity (Wildman–Crippen MR) is 117 cm³/mol. The van der Waals surface area contributed by atoms with Crippen molar-refractivity contribution in [3.05, 3.63) is 48.0 Å². The number of carbonyl (C=O) groups excluding carboxylic acids is 1. The normalized spacial score (nSPS) is 21.2. The molecule has 8 nitrogen and oxygen atoms in total. The SMILES string of the molecule is O=C(Nc1ccc2c(c1)OC1(CCCC1)O2)c1ccc(S(=O)(=O)NC[C@H]2CCCO2)cc1. The van der Waals surface area contributed by atoms with Crippen LogP contribution in [-0.4, -0.2) is 39.4 Å². The van der Waals surface area contributed by atoms with E-state index in [4.69, 9.17) is 14.2 Å². The van der Waals surface area contributed by atoms with Crippen molar-refractivity contribution >= 4 is 21.6 Å². The van der Waals surface area contributed by atoms with Crippen molar-refractivity contribution in [1.29, 1.82) is 0 Å². The van der Waals surface area contributed by atoms with Crippen LogP contribution in [0.5, 0.6) is 11.5 Å². The molecule has 1 saturated carbocycles. The van der Waals surface area contributed by atoms with E-state index in [0.29, 0.717) is 29.4 Å². The second-order valence-corrected chi connectivity index (χ2v) is 10.2. The van der Waals surface area contributed by atoms with Gasteiger partial charge < -0.3 is 19.5 Å². The zero-order valence-electron chi connectivity index (χ0n) is 17.6. The van der Waals surface area contributed by atoms with Gasteiger partial charge in [-0.3, -0.25) is 4.79 Å². The van der Waals surface area contributed by atoms with Gasteiger partial charge in [0.15, 0.2) is 11.5 Å². The molecular formula is C23H26N2O6S. The number of anilines is 1. The van der Waals surface area contributed by atoms with Crippen LogP contribution in [0.3, 0.4) is 0 Å². The van der Waals surface area contributed by atoms with E-state index in [1.807, 2.05) is 0 Å². The molecule has 5 rings (SSSR count). The highest BCUT2D eigenvalue weighted by Gasteiger charge is 2.44. The van der Waals surface area contributed by atoms with Gasteiger partial charge >= 0.3 is 0 Å². The summed E-state index contributed by atoms with van der Waals surface area (Å²) in [5.74, 6) is 0.429. The summed E-state index contributed by atoms with van der Waals surface area (Å²) >= 11 is 0. The van der Waals surface area contributed by atoms with E-state index in [2.05, 4.69) is 10.0 Å². The maximum Gasteiger partial charge on any atom is 0.255 e. The summed E-state index contributed by atoms with van der Waals surface area (Å²) < 4.78 is 45.0. The van der Waals surface area contributed by atoms with Crippen LogP contribution < -0.4 is 19.5 Å². The molecule has 1 spiro atoms. The Bertz CT molecular complexity index is 1100. The molecule has 0 bridgehead atoms. The van der Waals surface area contributed by atoms with Gasteiger partial charge in [0, 0.05) is 43.3 Å². The van der Waals surface area contributed by atoms with Gasteiger partial charge in [0.05, 0.1) is 11.0 Å². The Labute approximate surface area is 187 Å². The highest BCUT2D eigenvalue weighted by molar-refractivity contribution is 7.89. The Balaban J connectivity index is 1.22.